The van der Waals surface area contributed by atoms with Crippen molar-refractivity contribution in [2.24, 2.45) is 0 Å². The van der Waals surface area contributed by atoms with Crippen LogP contribution in [0.3, 0.4) is 0 Å². The van der Waals surface area contributed by atoms with Crippen LogP contribution < -0.4 is 0 Å². The molecular weight excluding hydrogens is 408 g/mol. The predicted molar refractivity (Wildman–Crippen MR) is 147 cm³/mol. The van der Waals surface area contributed by atoms with E-state index in [2.05, 4.69) is 0 Å². The zero-order valence-corrected chi connectivity index (χ0v) is 17.6. The number of hydrogen-bond donors (Lipinski definition) is 0. The molecule has 0 atom stereocenters. The second-order valence-electron chi connectivity index (χ2n) is 7.89. The Labute approximate surface area is 218 Å². The van der Waals surface area contributed by atoms with Gasteiger partial charge in [0.1, 0.15) is 0 Å². The van der Waals surface area contributed by atoms with E-state index in [1.54, 1.807) is 0 Å². The van der Waals surface area contributed by atoms with E-state index in [4.69, 9.17) is 19.2 Å². The molecule has 158 valence electrons. The van der Waals surface area contributed by atoms with Gasteiger partial charge in [-0.3, -0.25) is 0 Å². The summed E-state index contributed by atoms with van der Waals surface area (Å²) < 4.78 is 119. The Bertz CT molecular complexity index is 2520. The highest BCUT2D eigenvalue weighted by atomic mass is 14.2. The number of rotatable bonds is 2. The summed E-state index contributed by atoms with van der Waals surface area (Å²) in [5.74, 6) is 0. The zero-order valence-electron chi connectivity index (χ0n) is 31.6. The second-order valence-corrected chi connectivity index (χ2v) is 7.89. The van der Waals surface area contributed by atoms with Crippen molar-refractivity contribution in [3.05, 3.63) is 133 Å². The summed E-state index contributed by atoms with van der Waals surface area (Å²) in [6, 6.07) is 7.12. The van der Waals surface area contributed by atoms with E-state index < -0.39 is 30.2 Å². The van der Waals surface area contributed by atoms with Gasteiger partial charge < -0.3 is 0 Å². The monoisotopic (exact) mass is 444 g/mol. The van der Waals surface area contributed by atoms with Crippen LogP contribution in [0.5, 0.6) is 0 Å². The molecule has 0 saturated carbocycles. The molecule has 0 spiro atoms. The molecule has 34 heavy (non-hydrogen) atoms. The minimum absolute atomic E-state index is 0.00849. The predicted octanol–water partition coefficient (Wildman–Crippen LogP) is 9.63. The highest BCUT2D eigenvalue weighted by molar-refractivity contribution is 6.25. The van der Waals surface area contributed by atoms with Gasteiger partial charge in [-0.15, -0.1) is 0 Å². The molecule has 7 rings (SSSR count). The van der Waals surface area contributed by atoms with Crippen molar-refractivity contribution < 1.29 is 19.2 Å². The number of fused-ring (bicyclic) bond motifs is 5. The number of hydrogen-bond acceptors (Lipinski definition) is 0. The molecule has 7 aromatic carbocycles. The van der Waals surface area contributed by atoms with Crippen LogP contribution in [0.1, 0.15) is 19.2 Å². The van der Waals surface area contributed by atoms with Crippen molar-refractivity contribution in [2.75, 3.05) is 0 Å². The topological polar surface area (TPSA) is 0 Å². The normalized spacial score (nSPS) is 17.3. The Hall–Kier alpha value is -4.42. The van der Waals surface area contributed by atoms with Crippen molar-refractivity contribution >= 4 is 43.1 Å². The maximum Gasteiger partial charge on any atom is 0.0629 e. The molecule has 0 bridgehead atoms. The van der Waals surface area contributed by atoms with Crippen LogP contribution in [-0.2, 0) is 0 Å². The van der Waals surface area contributed by atoms with E-state index in [9.17, 15) is 0 Å². The first-order chi connectivity index (χ1) is 22.6. The van der Waals surface area contributed by atoms with Crippen LogP contribution in [0, 0.1) is 0 Å². The first-order valence-corrected chi connectivity index (χ1v) is 10.6. The lowest BCUT2D eigenvalue weighted by Gasteiger charge is -2.19. The van der Waals surface area contributed by atoms with Crippen LogP contribution >= 0.6 is 0 Å². The molecule has 0 aromatic heterocycles. The van der Waals surface area contributed by atoms with E-state index in [1.807, 2.05) is 0 Å². The van der Waals surface area contributed by atoms with Crippen molar-refractivity contribution in [1.29, 1.82) is 0 Å². The molecule has 0 aliphatic heterocycles. The van der Waals surface area contributed by atoms with Crippen molar-refractivity contribution in [3.63, 3.8) is 0 Å². The smallest absolute Gasteiger partial charge is 0.0622 e. The molecule has 0 heteroatoms. The molecule has 0 amide bonds. The molecule has 0 radical (unpaired) electrons. The van der Waals surface area contributed by atoms with Crippen molar-refractivity contribution in [2.45, 2.75) is 0 Å². The van der Waals surface area contributed by atoms with E-state index in [1.165, 1.54) is 48.5 Å². The minimum atomic E-state index is -0.521. The lowest BCUT2D eigenvalue weighted by Crippen LogP contribution is -1.92. The van der Waals surface area contributed by atoms with E-state index in [0.717, 1.165) is 0 Å². The Kier molecular flexibility index (Phi) is 2.19. The van der Waals surface area contributed by atoms with Crippen molar-refractivity contribution in [3.8, 4) is 22.3 Å². The SMILES string of the molecule is [2H]c1cc2c(-c3cc([2H])c([2H])c([2H])c3)c3cc([2H])c([2H])cc3c(-c3cc4c([2H])c([2H])c([2H])c([2H])c4c4c([2H])c([2H])c([2H])cc34)c2cc1[2H]. The lowest BCUT2D eigenvalue weighted by atomic mass is 9.84. The molecule has 7 aromatic rings. The van der Waals surface area contributed by atoms with E-state index >= 15 is 0 Å². The molecule has 0 aliphatic carbocycles. The molecule has 0 fully saturated rings. The fraction of sp³-hybridized carbons (Fsp3) is 0. The maximum absolute atomic E-state index is 8.90. The van der Waals surface area contributed by atoms with Crippen LogP contribution in [0.4, 0.5) is 0 Å². The van der Waals surface area contributed by atoms with Gasteiger partial charge in [-0.05, 0) is 71.4 Å². The molecular formula is C34H22. The fourth-order valence-electron chi connectivity index (χ4n) is 4.75. The highest BCUT2D eigenvalue weighted by Gasteiger charge is 2.18. The van der Waals surface area contributed by atoms with Gasteiger partial charge in [-0.25, -0.2) is 0 Å². The first kappa shape index (κ1) is 9.83. The quantitative estimate of drug-likeness (QED) is 0.184. The summed E-state index contributed by atoms with van der Waals surface area (Å²) in [5.41, 5.74) is 1.37. The Morgan fingerprint density at radius 2 is 0.882 bits per heavy atom. The average Bonchev–Trinajstić information content (AvgIpc) is 3.04. The minimum Gasteiger partial charge on any atom is -0.0622 e. The van der Waals surface area contributed by atoms with Crippen LogP contribution in [0.25, 0.3) is 65.3 Å². The van der Waals surface area contributed by atoms with Gasteiger partial charge in [0, 0.05) is 0 Å². The highest BCUT2D eigenvalue weighted by Crippen LogP contribution is 2.46. The molecule has 0 aliphatic rings. The summed E-state index contributed by atoms with van der Waals surface area (Å²) in [5, 5.41) is 1.78. The second kappa shape index (κ2) is 7.57. The first-order valence-electron chi connectivity index (χ1n) is 17.6. The molecule has 0 saturated heterocycles. The van der Waals surface area contributed by atoms with Crippen LogP contribution in [0.15, 0.2) is 133 Å². The Balaban J connectivity index is 1.82. The van der Waals surface area contributed by atoms with Gasteiger partial charge in [0.25, 0.3) is 0 Å². The van der Waals surface area contributed by atoms with Crippen LogP contribution in [-0.4, -0.2) is 0 Å². The van der Waals surface area contributed by atoms with Crippen molar-refractivity contribution in [1.82, 2.24) is 0 Å². The summed E-state index contributed by atoms with van der Waals surface area (Å²) >= 11 is 0. The average molecular weight is 445 g/mol. The molecule has 0 unspecified atom stereocenters. The van der Waals surface area contributed by atoms with Gasteiger partial charge in [-0.2, -0.15) is 0 Å². The third-order valence-corrected chi connectivity index (χ3v) is 6.14. The maximum atomic E-state index is 8.90. The molecule has 0 heterocycles. The standard InChI is InChI=1S/C34H22/c1-2-12-23(13-3-1)33-28-18-8-10-20-30(28)34(31-21-11-9-19-29(31)33)32-22-24-14-4-5-15-25(24)26-16-6-7-17-27(26)32/h1-22H/i1D,2D,3D,4D,5D,6D,7D,8D,9D,10D,11D,14D,15D,16D. The molecule has 0 nitrogen and oxygen atoms in total. The van der Waals surface area contributed by atoms with Gasteiger partial charge >= 0.3 is 0 Å². The van der Waals surface area contributed by atoms with Gasteiger partial charge in [0.2, 0.25) is 0 Å². The molecule has 0 N–H and O–H groups in total. The van der Waals surface area contributed by atoms with Gasteiger partial charge in [-0.1, -0.05) is 127 Å². The van der Waals surface area contributed by atoms with Gasteiger partial charge in [0.15, 0.2) is 0 Å². The summed E-state index contributed by atoms with van der Waals surface area (Å²) in [6.45, 7) is 0. The zero-order chi connectivity index (χ0) is 34.7. The van der Waals surface area contributed by atoms with E-state index in [-0.39, 0.29) is 81.5 Å². The third-order valence-electron chi connectivity index (χ3n) is 6.14. The third kappa shape index (κ3) is 2.79. The summed E-state index contributed by atoms with van der Waals surface area (Å²) in [4.78, 5) is 0. The lowest BCUT2D eigenvalue weighted by molar-refractivity contribution is 1.67. The van der Waals surface area contributed by atoms with E-state index in [0.29, 0.717) is 38.2 Å². The Morgan fingerprint density at radius 1 is 0.382 bits per heavy atom. The summed E-state index contributed by atoms with van der Waals surface area (Å²) in [6.07, 6.45) is 0. The fourth-order valence-corrected chi connectivity index (χ4v) is 4.75. The van der Waals surface area contributed by atoms with Crippen LogP contribution in [0.2, 0.25) is 0 Å². The largest absolute Gasteiger partial charge is 0.0629 e. The number of benzene rings is 7. The summed E-state index contributed by atoms with van der Waals surface area (Å²) in [7, 11) is 0. The Morgan fingerprint density at radius 3 is 1.59 bits per heavy atom. The van der Waals surface area contributed by atoms with Gasteiger partial charge in [0.05, 0.1) is 19.2 Å².